The molecule has 6 nitrogen and oxygen atoms in total. The number of methoxy groups -OCH3 is 1. The molecule has 0 radical (unpaired) electrons. The SMILES string of the molecule is CCOc1ccccc1[C@H]1C(C(=O)OCCOC)=C(C)NC2=C1C(=O)CC(C)(C)C2. The van der Waals surface area contributed by atoms with Crippen molar-refractivity contribution in [2.45, 2.75) is 46.5 Å². The van der Waals surface area contributed by atoms with Crippen LogP contribution in [0, 0.1) is 5.41 Å². The number of dihydropyridines is 1. The van der Waals surface area contributed by atoms with Gasteiger partial charge in [0.15, 0.2) is 5.78 Å². The summed E-state index contributed by atoms with van der Waals surface area (Å²) in [6.07, 6.45) is 1.18. The van der Waals surface area contributed by atoms with Crippen LogP contribution in [-0.2, 0) is 19.1 Å². The minimum absolute atomic E-state index is 0.0553. The topological polar surface area (TPSA) is 73.9 Å². The Morgan fingerprint density at radius 2 is 1.93 bits per heavy atom. The van der Waals surface area contributed by atoms with Crippen LogP contribution in [0.4, 0.5) is 0 Å². The molecule has 0 saturated heterocycles. The Bertz CT molecular complexity index is 897. The van der Waals surface area contributed by atoms with Gasteiger partial charge in [-0.2, -0.15) is 0 Å². The first-order chi connectivity index (χ1) is 14.3. The maximum atomic E-state index is 13.3. The van der Waals surface area contributed by atoms with Crippen molar-refractivity contribution in [3.63, 3.8) is 0 Å². The smallest absolute Gasteiger partial charge is 0.336 e. The van der Waals surface area contributed by atoms with E-state index in [9.17, 15) is 9.59 Å². The monoisotopic (exact) mass is 413 g/mol. The van der Waals surface area contributed by atoms with Crippen LogP contribution >= 0.6 is 0 Å². The minimum atomic E-state index is -0.525. The predicted molar refractivity (Wildman–Crippen MR) is 114 cm³/mol. The maximum Gasteiger partial charge on any atom is 0.336 e. The van der Waals surface area contributed by atoms with Gasteiger partial charge in [-0.25, -0.2) is 4.79 Å². The summed E-state index contributed by atoms with van der Waals surface area (Å²) in [5.74, 6) is -0.244. The highest BCUT2D eigenvalue weighted by molar-refractivity contribution is 6.04. The number of ketones is 1. The van der Waals surface area contributed by atoms with Gasteiger partial charge < -0.3 is 19.5 Å². The van der Waals surface area contributed by atoms with Crippen molar-refractivity contribution in [1.29, 1.82) is 0 Å². The van der Waals surface area contributed by atoms with Crippen molar-refractivity contribution < 1.29 is 23.8 Å². The van der Waals surface area contributed by atoms with E-state index in [4.69, 9.17) is 14.2 Å². The van der Waals surface area contributed by atoms with Crippen molar-refractivity contribution in [3.05, 3.63) is 52.4 Å². The van der Waals surface area contributed by atoms with Gasteiger partial charge >= 0.3 is 5.97 Å². The quantitative estimate of drug-likeness (QED) is 0.540. The van der Waals surface area contributed by atoms with Crippen molar-refractivity contribution >= 4 is 11.8 Å². The number of esters is 1. The van der Waals surface area contributed by atoms with E-state index in [1.54, 1.807) is 7.11 Å². The standard InChI is InChI=1S/C24H31NO5/c1-6-29-19-10-8-7-9-16(19)21-20(23(27)30-12-11-28-5)15(2)25-17-13-24(3,4)14-18(26)22(17)21/h7-10,21,25H,6,11-14H2,1-5H3/t21-/m0/s1. The van der Waals surface area contributed by atoms with Gasteiger partial charge in [-0.05, 0) is 31.7 Å². The van der Waals surface area contributed by atoms with Gasteiger partial charge in [-0.15, -0.1) is 0 Å². The van der Waals surface area contributed by atoms with Gasteiger partial charge in [0.1, 0.15) is 12.4 Å². The third-order valence-electron chi connectivity index (χ3n) is 5.51. The molecule has 0 spiro atoms. The molecule has 30 heavy (non-hydrogen) atoms. The number of ether oxygens (including phenoxy) is 3. The molecule has 3 rings (SSSR count). The van der Waals surface area contributed by atoms with Crippen LogP contribution in [0.2, 0.25) is 0 Å². The Morgan fingerprint density at radius 1 is 1.20 bits per heavy atom. The van der Waals surface area contributed by atoms with Crippen molar-refractivity contribution in [3.8, 4) is 5.75 Å². The molecule has 1 atom stereocenters. The Balaban J connectivity index is 2.13. The van der Waals surface area contributed by atoms with Crippen LogP contribution in [0.15, 0.2) is 46.8 Å². The number of para-hydroxylation sites is 1. The van der Waals surface area contributed by atoms with Crippen molar-refractivity contribution in [1.82, 2.24) is 5.32 Å². The summed E-state index contributed by atoms with van der Waals surface area (Å²) >= 11 is 0. The second kappa shape index (κ2) is 9.04. The zero-order valence-electron chi connectivity index (χ0n) is 18.5. The van der Waals surface area contributed by atoms with Crippen molar-refractivity contribution in [2.24, 2.45) is 5.41 Å². The lowest BCUT2D eigenvalue weighted by Gasteiger charge is -2.39. The van der Waals surface area contributed by atoms with E-state index in [0.29, 0.717) is 42.2 Å². The minimum Gasteiger partial charge on any atom is -0.494 e. The molecule has 0 fully saturated rings. The highest BCUT2D eigenvalue weighted by Gasteiger charge is 2.43. The molecule has 0 unspecified atom stereocenters. The fraction of sp³-hybridized carbons (Fsp3) is 0.500. The third kappa shape index (κ3) is 4.43. The number of rotatable bonds is 7. The zero-order valence-corrected chi connectivity index (χ0v) is 18.5. The molecule has 0 saturated carbocycles. The van der Waals surface area contributed by atoms with Crippen LogP contribution in [0.3, 0.4) is 0 Å². The van der Waals surface area contributed by atoms with Gasteiger partial charge in [0.2, 0.25) is 0 Å². The molecular formula is C24H31NO5. The zero-order chi connectivity index (χ0) is 21.9. The molecule has 1 heterocycles. The third-order valence-corrected chi connectivity index (χ3v) is 5.51. The van der Waals surface area contributed by atoms with E-state index in [1.165, 1.54) is 0 Å². The lowest BCUT2D eigenvalue weighted by molar-refractivity contribution is -0.140. The molecule has 1 aromatic carbocycles. The summed E-state index contributed by atoms with van der Waals surface area (Å²) in [6, 6.07) is 7.60. The largest absolute Gasteiger partial charge is 0.494 e. The van der Waals surface area contributed by atoms with Gasteiger partial charge in [-0.1, -0.05) is 32.0 Å². The first-order valence-corrected chi connectivity index (χ1v) is 10.4. The van der Waals surface area contributed by atoms with Gasteiger partial charge in [0.05, 0.1) is 24.7 Å². The van der Waals surface area contributed by atoms with E-state index < -0.39 is 11.9 Å². The number of carbonyl (C=O) groups excluding carboxylic acids is 2. The molecule has 2 aliphatic rings. The molecule has 0 aromatic heterocycles. The summed E-state index contributed by atoms with van der Waals surface area (Å²) in [7, 11) is 1.56. The molecule has 0 amide bonds. The second-order valence-electron chi connectivity index (χ2n) is 8.53. The Labute approximate surface area is 178 Å². The Hall–Kier alpha value is -2.60. The fourth-order valence-corrected chi connectivity index (χ4v) is 4.32. The normalized spacial score (nSPS) is 20.6. The predicted octanol–water partition coefficient (Wildman–Crippen LogP) is 3.88. The molecule has 6 heteroatoms. The van der Waals surface area contributed by atoms with E-state index in [-0.39, 0.29) is 17.8 Å². The van der Waals surface area contributed by atoms with Crippen LogP contribution in [-0.4, -0.2) is 38.7 Å². The van der Waals surface area contributed by atoms with Crippen LogP contribution < -0.4 is 10.1 Å². The first-order valence-electron chi connectivity index (χ1n) is 10.4. The molecule has 1 aliphatic heterocycles. The van der Waals surface area contributed by atoms with Gasteiger partial charge in [-0.3, -0.25) is 4.79 Å². The average molecular weight is 414 g/mol. The highest BCUT2D eigenvalue weighted by atomic mass is 16.6. The number of allylic oxidation sites excluding steroid dienone is 3. The average Bonchev–Trinajstić information content (AvgIpc) is 2.66. The van der Waals surface area contributed by atoms with Crippen molar-refractivity contribution in [2.75, 3.05) is 26.9 Å². The van der Waals surface area contributed by atoms with E-state index in [2.05, 4.69) is 19.2 Å². The number of hydrogen-bond acceptors (Lipinski definition) is 6. The Kier molecular flexibility index (Phi) is 6.66. The molecule has 1 aromatic rings. The molecule has 1 aliphatic carbocycles. The Morgan fingerprint density at radius 3 is 2.63 bits per heavy atom. The van der Waals surface area contributed by atoms with Gasteiger partial charge in [0.25, 0.3) is 0 Å². The molecule has 1 N–H and O–H groups in total. The fourth-order valence-electron chi connectivity index (χ4n) is 4.32. The summed E-state index contributed by atoms with van der Waals surface area (Å²) in [6.45, 7) is 8.91. The number of nitrogens with one attached hydrogen (secondary N) is 1. The van der Waals surface area contributed by atoms with Crippen LogP contribution in [0.5, 0.6) is 5.75 Å². The first kappa shape index (κ1) is 22.1. The summed E-state index contributed by atoms with van der Waals surface area (Å²) in [4.78, 5) is 26.4. The maximum absolute atomic E-state index is 13.3. The highest BCUT2D eigenvalue weighted by Crippen LogP contribution is 2.48. The number of hydrogen-bond donors (Lipinski definition) is 1. The van der Waals surface area contributed by atoms with Gasteiger partial charge in [0, 0.05) is 36.1 Å². The summed E-state index contributed by atoms with van der Waals surface area (Å²) < 4.78 is 16.3. The summed E-state index contributed by atoms with van der Waals surface area (Å²) in [5.41, 5.74) is 3.36. The summed E-state index contributed by atoms with van der Waals surface area (Å²) in [5, 5.41) is 3.34. The lowest BCUT2D eigenvalue weighted by atomic mass is 9.68. The van der Waals surface area contributed by atoms with E-state index >= 15 is 0 Å². The number of carbonyl (C=O) groups is 2. The lowest BCUT2D eigenvalue weighted by Crippen LogP contribution is -2.39. The molecule has 162 valence electrons. The van der Waals surface area contributed by atoms with E-state index in [1.807, 2.05) is 38.1 Å². The van der Waals surface area contributed by atoms with Crippen LogP contribution in [0.25, 0.3) is 0 Å². The molecular weight excluding hydrogens is 382 g/mol. The molecule has 0 bridgehead atoms. The van der Waals surface area contributed by atoms with E-state index in [0.717, 1.165) is 17.7 Å². The van der Waals surface area contributed by atoms with Crippen LogP contribution in [0.1, 0.15) is 52.0 Å². The second-order valence-corrected chi connectivity index (χ2v) is 8.53. The number of Topliss-reactive ketones (excluding diaryl/α,β-unsaturated/α-hetero) is 1. The number of benzene rings is 1.